The standard InChI is InChI=1S/C21H28N2O2/c24-20-12-18(17-7-3-4-8-19(17)23-20)21(25)22-13-14-9-10-15-5-1-2-6-16(15)11-14/h1-2,5-6,14,17-19H,3-4,7-13H2,(H,22,25)(H,23,24). The minimum Gasteiger partial charge on any atom is -0.356 e. The van der Waals surface area contributed by atoms with Crippen LogP contribution in [0.25, 0.3) is 0 Å². The molecule has 2 aliphatic carbocycles. The Morgan fingerprint density at radius 1 is 1.08 bits per heavy atom. The van der Waals surface area contributed by atoms with Gasteiger partial charge >= 0.3 is 0 Å². The molecule has 1 heterocycles. The molecule has 134 valence electrons. The van der Waals surface area contributed by atoms with Crippen LogP contribution in [-0.4, -0.2) is 24.4 Å². The first-order chi connectivity index (χ1) is 12.2. The van der Waals surface area contributed by atoms with Crippen molar-refractivity contribution in [1.82, 2.24) is 10.6 Å². The van der Waals surface area contributed by atoms with Crippen LogP contribution in [0.2, 0.25) is 0 Å². The lowest BCUT2D eigenvalue weighted by Gasteiger charge is -2.40. The SMILES string of the molecule is O=C1CC(C(=O)NCC2CCc3ccccc3C2)C2CCCCC2N1. The number of piperidine rings is 1. The summed E-state index contributed by atoms with van der Waals surface area (Å²) in [5.74, 6) is 0.868. The number of carbonyl (C=O) groups excluding carboxylic acids is 2. The van der Waals surface area contributed by atoms with Gasteiger partial charge in [-0.3, -0.25) is 9.59 Å². The van der Waals surface area contributed by atoms with Crippen molar-refractivity contribution in [1.29, 1.82) is 0 Å². The maximum absolute atomic E-state index is 12.8. The molecule has 25 heavy (non-hydrogen) atoms. The van der Waals surface area contributed by atoms with Crippen LogP contribution in [-0.2, 0) is 22.4 Å². The van der Waals surface area contributed by atoms with E-state index in [0.717, 1.165) is 45.1 Å². The predicted octanol–water partition coefficient (Wildman–Crippen LogP) is 2.60. The number of aryl methyl sites for hydroxylation is 1. The molecular formula is C21H28N2O2. The number of benzene rings is 1. The van der Waals surface area contributed by atoms with Gasteiger partial charge in [-0.05, 0) is 55.1 Å². The van der Waals surface area contributed by atoms with Gasteiger partial charge in [0.1, 0.15) is 0 Å². The largest absolute Gasteiger partial charge is 0.356 e. The zero-order chi connectivity index (χ0) is 17.2. The minimum absolute atomic E-state index is 0.0508. The molecule has 3 aliphatic rings. The molecule has 1 aliphatic heterocycles. The molecule has 2 N–H and O–H groups in total. The molecule has 4 unspecified atom stereocenters. The van der Waals surface area contributed by atoms with Gasteiger partial charge < -0.3 is 10.6 Å². The second kappa shape index (κ2) is 7.19. The van der Waals surface area contributed by atoms with Crippen molar-refractivity contribution in [2.75, 3.05) is 6.54 Å². The molecule has 1 saturated heterocycles. The summed E-state index contributed by atoms with van der Waals surface area (Å²) in [7, 11) is 0. The Kier molecular flexibility index (Phi) is 4.78. The van der Waals surface area contributed by atoms with Crippen molar-refractivity contribution < 1.29 is 9.59 Å². The van der Waals surface area contributed by atoms with Crippen LogP contribution in [0.1, 0.15) is 49.7 Å². The lowest BCUT2D eigenvalue weighted by Crippen LogP contribution is -2.54. The van der Waals surface area contributed by atoms with E-state index in [0.29, 0.717) is 18.3 Å². The highest BCUT2D eigenvalue weighted by molar-refractivity contribution is 5.87. The topological polar surface area (TPSA) is 58.2 Å². The van der Waals surface area contributed by atoms with E-state index in [1.807, 2.05) is 0 Å². The summed E-state index contributed by atoms with van der Waals surface area (Å²) in [5, 5.41) is 6.29. The van der Waals surface area contributed by atoms with Gasteiger partial charge in [0.25, 0.3) is 0 Å². The summed E-state index contributed by atoms with van der Waals surface area (Å²) in [6, 6.07) is 8.85. The number of hydrogen-bond donors (Lipinski definition) is 2. The third kappa shape index (κ3) is 3.58. The summed E-state index contributed by atoms with van der Waals surface area (Å²) in [6.45, 7) is 0.739. The van der Waals surface area contributed by atoms with Gasteiger partial charge in [-0.2, -0.15) is 0 Å². The van der Waals surface area contributed by atoms with Crippen molar-refractivity contribution in [3.8, 4) is 0 Å². The van der Waals surface area contributed by atoms with Crippen LogP contribution >= 0.6 is 0 Å². The number of nitrogens with one attached hydrogen (secondary N) is 2. The highest BCUT2D eigenvalue weighted by atomic mass is 16.2. The van der Waals surface area contributed by atoms with Crippen molar-refractivity contribution in [3.63, 3.8) is 0 Å². The van der Waals surface area contributed by atoms with E-state index in [1.54, 1.807) is 0 Å². The first-order valence-corrected chi connectivity index (χ1v) is 9.84. The Balaban J connectivity index is 1.35. The van der Waals surface area contributed by atoms with E-state index in [4.69, 9.17) is 0 Å². The number of carbonyl (C=O) groups is 2. The first-order valence-electron chi connectivity index (χ1n) is 9.84. The summed E-state index contributed by atoms with van der Waals surface area (Å²) in [5.41, 5.74) is 2.89. The highest BCUT2D eigenvalue weighted by Gasteiger charge is 2.41. The third-order valence-corrected chi connectivity index (χ3v) is 6.44. The summed E-state index contributed by atoms with van der Waals surface area (Å²) >= 11 is 0. The molecule has 0 spiro atoms. The number of rotatable bonds is 3. The summed E-state index contributed by atoms with van der Waals surface area (Å²) in [6.07, 6.45) is 8.09. The van der Waals surface area contributed by atoms with Gasteiger partial charge in [-0.25, -0.2) is 0 Å². The van der Waals surface area contributed by atoms with Gasteiger partial charge in [-0.1, -0.05) is 37.1 Å². The highest BCUT2D eigenvalue weighted by Crippen LogP contribution is 2.35. The molecule has 1 aromatic rings. The second-order valence-electron chi connectivity index (χ2n) is 8.06. The second-order valence-corrected chi connectivity index (χ2v) is 8.06. The van der Waals surface area contributed by atoms with Crippen molar-refractivity contribution in [2.45, 2.75) is 57.4 Å². The van der Waals surface area contributed by atoms with E-state index in [1.165, 1.54) is 17.5 Å². The van der Waals surface area contributed by atoms with Crippen LogP contribution in [0, 0.1) is 17.8 Å². The fourth-order valence-corrected chi connectivity index (χ4v) is 5.05. The Morgan fingerprint density at radius 3 is 2.76 bits per heavy atom. The molecule has 4 heteroatoms. The Morgan fingerprint density at radius 2 is 1.88 bits per heavy atom. The first kappa shape index (κ1) is 16.6. The average molecular weight is 340 g/mol. The van der Waals surface area contributed by atoms with Crippen molar-refractivity contribution in [3.05, 3.63) is 35.4 Å². The number of amides is 2. The number of hydrogen-bond acceptors (Lipinski definition) is 2. The minimum atomic E-state index is -0.130. The van der Waals surface area contributed by atoms with E-state index in [-0.39, 0.29) is 23.8 Å². The monoisotopic (exact) mass is 340 g/mol. The average Bonchev–Trinajstić information content (AvgIpc) is 2.65. The quantitative estimate of drug-likeness (QED) is 0.889. The van der Waals surface area contributed by atoms with Crippen LogP contribution < -0.4 is 10.6 Å². The smallest absolute Gasteiger partial charge is 0.224 e. The van der Waals surface area contributed by atoms with Gasteiger partial charge in [0, 0.05) is 19.0 Å². The lowest BCUT2D eigenvalue weighted by molar-refractivity contribution is -0.137. The fraction of sp³-hybridized carbons (Fsp3) is 0.619. The van der Waals surface area contributed by atoms with Crippen LogP contribution in [0.3, 0.4) is 0 Å². The fourth-order valence-electron chi connectivity index (χ4n) is 5.05. The zero-order valence-corrected chi connectivity index (χ0v) is 14.8. The van der Waals surface area contributed by atoms with Crippen LogP contribution in [0.5, 0.6) is 0 Å². The summed E-state index contributed by atoms with van der Waals surface area (Å²) < 4.78 is 0. The molecular weight excluding hydrogens is 312 g/mol. The molecule has 4 atom stereocenters. The molecule has 1 saturated carbocycles. The van der Waals surface area contributed by atoms with Gasteiger partial charge in [0.15, 0.2) is 0 Å². The molecule has 0 radical (unpaired) electrons. The van der Waals surface area contributed by atoms with E-state index >= 15 is 0 Å². The van der Waals surface area contributed by atoms with Gasteiger partial charge in [0.2, 0.25) is 11.8 Å². The zero-order valence-electron chi connectivity index (χ0n) is 14.8. The molecule has 4 rings (SSSR count). The third-order valence-electron chi connectivity index (χ3n) is 6.44. The molecule has 2 fully saturated rings. The predicted molar refractivity (Wildman–Crippen MR) is 97.0 cm³/mol. The Labute approximate surface area is 149 Å². The van der Waals surface area contributed by atoms with Crippen LogP contribution in [0.4, 0.5) is 0 Å². The van der Waals surface area contributed by atoms with E-state index in [2.05, 4.69) is 34.9 Å². The van der Waals surface area contributed by atoms with Crippen molar-refractivity contribution >= 4 is 11.8 Å². The number of fused-ring (bicyclic) bond motifs is 2. The maximum atomic E-state index is 12.8. The molecule has 2 amide bonds. The van der Waals surface area contributed by atoms with Gasteiger partial charge in [-0.15, -0.1) is 0 Å². The summed E-state index contributed by atoms with van der Waals surface area (Å²) in [4.78, 5) is 24.8. The molecule has 0 bridgehead atoms. The molecule has 0 aromatic heterocycles. The Bertz CT molecular complexity index is 657. The Hall–Kier alpha value is -1.84. The van der Waals surface area contributed by atoms with Crippen molar-refractivity contribution in [2.24, 2.45) is 17.8 Å². The molecule has 4 nitrogen and oxygen atoms in total. The van der Waals surface area contributed by atoms with Crippen LogP contribution in [0.15, 0.2) is 24.3 Å². The van der Waals surface area contributed by atoms with Gasteiger partial charge in [0.05, 0.1) is 5.92 Å². The van der Waals surface area contributed by atoms with E-state index < -0.39 is 0 Å². The maximum Gasteiger partial charge on any atom is 0.224 e. The van der Waals surface area contributed by atoms with E-state index in [9.17, 15) is 9.59 Å². The lowest BCUT2D eigenvalue weighted by atomic mass is 9.72. The molecule has 1 aromatic carbocycles. The normalized spacial score (nSPS) is 31.4.